The molecular weight excluding hydrogens is 239 g/mol. The van der Waals surface area contributed by atoms with Crippen molar-refractivity contribution in [2.24, 2.45) is 5.73 Å². The SMILES string of the molecule is CCC(C(=O)O)N(C)c1cccc(F)c1C(N)=O. The number of carboxylic acid groups (broad SMARTS) is 1. The number of carbonyl (C=O) groups excluding carboxylic acids is 1. The van der Waals surface area contributed by atoms with Gasteiger partial charge in [0, 0.05) is 7.05 Å². The molecular formula is C12H15FN2O3. The Bertz CT molecular complexity index is 476. The zero-order valence-electron chi connectivity index (χ0n) is 10.2. The van der Waals surface area contributed by atoms with Crippen LogP contribution in [0.1, 0.15) is 23.7 Å². The Morgan fingerprint density at radius 1 is 1.50 bits per heavy atom. The highest BCUT2D eigenvalue weighted by Gasteiger charge is 2.25. The first-order valence-electron chi connectivity index (χ1n) is 5.44. The number of carboxylic acids is 1. The molecule has 0 aliphatic carbocycles. The Morgan fingerprint density at radius 3 is 2.56 bits per heavy atom. The first kappa shape index (κ1) is 14.0. The first-order chi connectivity index (χ1) is 8.40. The molecule has 0 bridgehead atoms. The molecule has 18 heavy (non-hydrogen) atoms. The molecule has 0 aromatic heterocycles. The third-order valence-corrected chi connectivity index (χ3v) is 2.76. The zero-order chi connectivity index (χ0) is 13.9. The van der Waals surface area contributed by atoms with Crippen molar-refractivity contribution in [1.82, 2.24) is 0 Å². The predicted octanol–water partition coefficient (Wildman–Crippen LogP) is 1.22. The van der Waals surface area contributed by atoms with Gasteiger partial charge in [0.2, 0.25) is 0 Å². The Labute approximate surface area is 104 Å². The van der Waals surface area contributed by atoms with E-state index in [1.807, 2.05) is 0 Å². The van der Waals surface area contributed by atoms with Crippen LogP contribution >= 0.6 is 0 Å². The van der Waals surface area contributed by atoms with E-state index >= 15 is 0 Å². The Morgan fingerprint density at radius 2 is 2.11 bits per heavy atom. The number of aliphatic carboxylic acids is 1. The molecule has 1 amide bonds. The monoisotopic (exact) mass is 254 g/mol. The average Bonchev–Trinajstić information content (AvgIpc) is 2.28. The lowest BCUT2D eigenvalue weighted by molar-refractivity contribution is -0.138. The van der Waals surface area contributed by atoms with Crippen LogP contribution in [-0.4, -0.2) is 30.1 Å². The molecule has 5 nitrogen and oxygen atoms in total. The third-order valence-electron chi connectivity index (χ3n) is 2.76. The summed E-state index contributed by atoms with van der Waals surface area (Å²) in [4.78, 5) is 23.6. The highest BCUT2D eigenvalue weighted by molar-refractivity contribution is 5.99. The summed E-state index contributed by atoms with van der Waals surface area (Å²) in [5, 5.41) is 9.05. The number of benzene rings is 1. The van der Waals surface area contributed by atoms with E-state index in [-0.39, 0.29) is 11.3 Å². The smallest absolute Gasteiger partial charge is 0.326 e. The number of carbonyl (C=O) groups is 2. The van der Waals surface area contributed by atoms with Crippen molar-refractivity contribution in [3.05, 3.63) is 29.6 Å². The van der Waals surface area contributed by atoms with Gasteiger partial charge in [0.15, 0.2) is 0 Å². The summed E-state index contributed by atoms with van der Waals surface area (Å²) >= 11 is 0. The van der Waals surface area contributed by atoms with Crippen LogP contribution in [0.15, 0.2) is 18.2 Å². The van der Waals surface area contributed by atoms with Gasteiger partial charge in [-0.05, 0) is 18.6 Å². The van der Waals surface area contributed by atoms with Crippen molar-refractivity contribution in [2.75, 3.05) is 11.9 Å². The second-order valence-corrected chi connectivity index (χ2v) is 3.87. The molecule has 0 fully saturated rings. The highest BCUT2D eigenvalue weighted by Crippen LogP contribution is 2.24. The number of primary amides is 1. The normalized spacial score (nSPS) is 11.9. The fourth-order valence-corrected chi connectivity index (χ4v) is 1.83. The van der Waals surface area contributed by atoms with Crippen LogP contribution in [0.2, 0.25) is 0 Å². The van der Waals surface area contributed by atoms with Crippen LogP contribution in [0, 0.1) is 5.82 Å². The number of anilines is 1. The second kappa shape index (κ2) is 5.48. The van der Waals surface area contributed by atoms with Crippen molar-refractivity contribution in [3.8, 4) is 0 Å². The minimum absolute atomic E-state index is 0.178. The van der Waals surface area contributed by atoms with Gasteiger partial charge in [0.05, 0.1) is 11.3 Å². The van der Waals surface area contributed by atoms with Gasteiger partial charge in [0.25, 0.3) is 5.91 Å². The number of likely N-dealkylation sites (N-methyl/N-ethyl adjacent to an activating group) is 1. The molecule has 0 saturated carbocycles. The highest BCUT2D eigenvalue weighted by atomic mass is 19.1. The Kier molecular flexibility index (Phi) is 4.25. The largest absolute Gasteiger partial charge is 0.480 e. The Balaban J connectivity index is 3.28. The van der Waals surface area contributed by atoms with Gasteiger partial charge < -0.3 is 15.7 Å². The van der Waals surface area contributed by atoms with Gasteiger partial charge in [-0.1, -0.05) is 13.0 Å². The number of hydrogen-bond donors (Lipinski definition) is 2. The Hall–Kier alpha value is -2.11. The van der Waals surface area contributed by atoms with Crippen LogP contribution < -0.4 is 10.6 Å². The first-order valence-corrected chi connectivity index (χ1v) is 5.44. The van der Waals surface area contributed by atoms with Gasteiger partial charge in [0.1, 0.15) is 11.9 Å². The maximum absolute atomic E-state index is 13.6. The van der Waals surface area contributed by atoms with Gasteiger partial charge in [-0.15, -0.1) is 0 Å². The molecule has 3 N–H and O–H groups in total. The molecule has 0 aliphatic rings. The van der Waals surface area contributed by atoms with Crippen LogP contribution in [0.5, 0.6) is 0 Å². The van der Waals surface area contributed by atoms with Crippen molar-refractivity contribution >= 4 is 17.6 Å². The summed E-state index contributed by atoms with van der Waals surface area (Å²) in [6, 6.07) is 3.14. The quantitative estimate of drug-likeness (QED) is 0.827. The van der Waals surface area contributed by atoms with Crippen molar-refractivity contribution in [1.29, 1.82) is 0 Å². The summed E-state index contributed by atoms with van der Waals surface area (Å²) in [5.74, 6) is -2.72. The van der Waals surface area contributed by atoms with Crippen LogP contribution in [0.4, 0.5) is 10.1 Å². The van der Waals surface area contributed by atoms with E-state index in [9.17, 15) is 14.0 Å². The molecule has 1 rings (SSSR count). The standard InChI is InChI=1S/C12H15FN2O3/c1-3-8(12(17)18)15(2)9-6-4-5-7(13)10(9)11(14)16/h4-6,8H,3H2,1-2H3,(H2,14,16)(H,17,18). The lowest BCUT2D eigenvalue weighted by Gasteiger charge is -2.27. The number of rotatable bonds is 5. The van der Waals surface area contributed by atoms with Crippen LogP contribution in [0.25, 0.3) is 0 Å². The molecule has 1 atom stereocenters. The van der Waals surface area contributed by atoms with Gasteiger partial charge in [-0.3, -0.25) is 4.79 Å². The lowest BCUT2D eigenvalue weighted by atomic mass is 10.1. The van der Waals surface area contributed by atoms with Crippen LogP contribution in [-0.2, 0) is 4.79 Å². The van der Waals surface area contributed by atoms with E-state index in [2.05, 4.69) is 0 Å². The maximum atomic E-state index is 13.6. The number of halogens is 1. The van der Waals surface area contributed by atoms with Gasteiger partial charge in [-0.2, -0.15) is 0 Å². The van der Waals surface area contributed by atoms with Crippen LogP contribution in [0.3, 0.4) is 0 Å². The number of hydrogen-bond acceptors (Lipinski definition) is 3. The van der Waals surface area contributed by atoms with E-state index in [1.54, 1.807) is 6.92 Å². The molecule has 0 radical (unpaired) electrons. The van der Waals surface area contributed by atoms with E-state index in [4.69, 9.17) is 10.8 Å². The topological polar surface area (TPSA) is 83.6 Å². The van der Waals surface area contributed by atoms with Gasteiger partial charge >= 0.3 is 5.97 Å². The summed E-state index contributed by atoms with van der Waals surface area (Å²) in [7, 11) is 1.49. The molecule has 0 aliphatic heterocycles. The minimum atomic E-state index is -1.04. The molecule has 1 aromatic carbocycles. The van der Waals surface area contributed by atoms with Crippen molar-refractivity contribution in [2.45, 2.75) is 19.4 Å². The zero-order valence-corrected chi connectivity index (χ0v) is 10.2. The molecule has 0 spiro atoms. The molecule has 0 saturated heterocycles. The molecule has 1 unspecified atom stereocenters. The van der Waals surface area contributed by atoms with E-state index in [0.717, 1.165) is 6.07 Å². The minimum Gasteiger partial charge on any atom is -0.480 e. The number of nitrogens with zero attached hydrogens (tertiary/aromatic N) is 1. The second-order valence-electron chi connectivity index (χ2n) is 3.87. The van der Waals surface area contributed by atoms with E-state index in [0.29, 0.717) is 6.42 Å². The average molecular weight is 254 g/mol. The molecule has 6 heteroatoms. The van der Waals surface area contributed by atoms with Gasteiger partial charge in [-0.25, -0.2) is 9.18 Å². The summed E-state index contributed by atoms with van der Waals surface area (Å²) in [5.41, 5.74) is 5.00. The fourth-order valence-electron chi connectivity index (χ4n) is 1.83. The fraction of sp³-hybridized carbons (Fsp3) is 0.333. The van der Waals surface area contributed by atoms with Crippen molar-refractivity contribution in [3.63, 3.8) is 0 Å². The summed E-state index contributed by atoms with van der Waals surface area (Å²) in [6.07, 6.45) is 0.320. The molecule has 1 aromatic rings. The third kappa shape index (κ3) is 2.58. The maximum Gasteiger partial charge on any atom is 0.326 e. The number of nitrogens with two attached hydrogens (primary N) is 1. The van der Waals surface area contributed by atoms with E-state index < -0.39 is 23.7 Å². The van der Waals surface area contributed by atoms with E-state index in [1.165, 1.54) is 24.1 Å². The summed E-state index contributed by atoms with van der Waals surface area (Å²) in [6.45, 7) is 1.69. The lowest BCUT2D eigenvalue weighted by Crippen LogP contribution is -2.39. The molecule has 98 valence electrons. The number of amides is 1. The predicted molar refractivity (Wildman–Crippen MR) is 65.0 cm³/mol. The van der Waals surface area contributed by atoms with Crippen molar-refractivity contribution < 1.29 is 19.1 Å². The molecule has 0 heterocycles. The summed E-state index contributed by atoms with van der Waals surface area (Å²) < 4.78 is 13.6.